The van der Waals surface area contributed by atoms with Crippen LogP contribution in [-0.2, 0) is 4.79 Å². The van der Waals surface area contributed by atoms with Gasteiger partial charge in [0.15, 0.2) is 11.5 Å². The normalized spacial score (nSPS) is 18.3. The summed E-state index contributed by atoms with van der Waals surface area (Å²) >= 11 is 1.57. The van der Waals surface area contributed by atoms with Crippen molar-refractivity contribution in [2.24, 2.45) is 0 Å². The molecule has 5 heteroatoms. The molecule has 1 heterocycles. The first-order valence-electron chi connectivity index (χ1n) is 8.52. The minimum atomic E-state index is 0.219. The molecule has 1 saturated carbocycles. The van der Waals surface area contributed by atoms with E-state index in [1.807, 2.05) is 30.1 Å². The van der Waals surface area contributed by atoms with Gasteiger partial charge in [0, 0.05) is 18.0 Å². The van der Waals surface area contributed by atoms with Crippen molar-refractivity contribution in [3.8, 4) is 11.5 Å². The lowest BCUT2D eigenvalue weighted by molar-refractivity contribution is -0.129. The number of fused-ring (bicyclic) bond motifs is 1. The highest BCUT2D eigenvalue weighted by Gasteiger charge is 2.21. The van der Waals surface area contributed by atoms with Gasteiger partial charge >= 0.3 is 0 Å². The van der Waals surface area contributed by atoms with Gasteiger partial charge in [-0.05, 0) is 31.0 Å². The van der Waals surface area contributed by atoms with E-state index in [-0.39, 0.29) is 5.91 Å². The third-order valence-corrected chi connectivity index (χ3v) is 5.62. The molecule has 1 amide bonds. The summed E-state index contributed by atoms with van der Waals surface area (Å²) in [6.45, 7) is 1.19. The molecule has 2 aliphatic rings. The van der Waals surface area contributed by atoms with Gasteiger partial charge in [-0.25, -0.2) is 0 Å². The predicted octanol–water partition coefficient (Wildman–Crippen LogP) is 3.73. The number of ether oxygens (including phenoxy) is 2. The maximum atomic E-state index is 12.5. The molecule has 1 fully saturated rings. The summed E-state index contributed by atoms with van der Waals surface area (Å²) in [6.07, 6.45) is 7.41. The zero-order valence-corrected chi connectivity index (χ0v) is 14.6. The Hall–Kier alpha value is -1.36. The third kappa shape index (κ3) is 4.34. The number of nitrogens with zero attached hydrogens (tertiary/aromatic N) is 1. The number of hydrogen-bond acceptors (Lipinski definition) is 4. The Morgan fingerprint density at radius 2 is 1.83 bits per heavy atom. The summed E-state index contributed by atoms with van der Waals surface area (Å²) in [5, 5.41) is 0. The second-order valence-corrected chi connectivity index (χ2v) is 7.29. The van der Waals surface area contributed by atoms with E-state index in [1.165, 1.54) is 25.7 Å². The Morgan fingerprint density at radius 1 is 1.13 bits per heavy atom. The van der Waals surface area contributed by atoms with E-state index in [9.17, 15) is 4.79 Å². The van der Waals surface area contributed by atoms with Crippen molar-refractivity contribution >= 4 is 17.7 Å². The van der Waals surface area contributed by atoms with E-state index >= 15 is 0 Å². The van der Waals surface area contributed by atoms with Gasteiger partial charge in [0.05, 0.1) is 5.75 Å². The van der Waals surface area contributed by atoms with E-state index in [1.54, 1.807) is 11.8 Å². The number of carbonyl (C=O) groups is 1. The van der Waals surface area contributed by atoms with Crippen molar-refractivity contribution in [1.29, 1.82) is 0 Å². The molecule has 126 valence electrons. The number of thioether (sulfide) groups is 1. The predicted molar refractivity (Wildman–Crippen MR) is 92.4 cm³/mol. The van der Waals surface area contributed by atoms with Crippen molar-refractivity contribution in [3.63, 3.8) is 0 Å². The lowest BCUT2D eigenvalue weighted by Crippen LogP contribution is -2.37. The van der Waals surface area contributed by atoms with Gasteiger partial charge in [-0.1, -0.05) is 25.7 Å². The maximum absolute atomic E-state index is 12.5. The molecule has 23 heavy (non-hydrogen) atoms. The highest BCUT2D eigenvalue weighted by atomic mass is 32.2. The monoisotopic (exact) mass is 335 g/mol. The molecule has 0 saturated heterocycles. The third-order valence-electron chi connectivity index (χ3n) is 4.64. The topological polar surface area (TPSA) is 38.8 Å². The maximum Gasteiger partial charge on any atom is 0.232 e. The van der Waals surface area contributed by atoms with E-state index < -0.39 is 0 Å². The first-order valence-corrected chi connectivity index (χ1v) is 9.51. The lowest BCUT2D eigenvalue weighted by atomic mass is 10.1. The van der Waals surface area contributed by atoms with Crippen LogP contribution in [0.4, 0.5) is 0 Å². The second-order valence-electron chi connectivity index (χ2n) is 6.24. The lowest BCUT2D eigenvalue weighted by Gasteiger charge is -2.27. The van der Waals surface area contributed by atoms with Crippen LogP contribution >= 0.6 is 11.8 Å². The standard InChI is InChI=1S/C18H25NO3S/c1-19(14-6-4-2-3-5-7-14)18(20)13-23-15-8-9-16-17(12-15)22-11-10-21-16/h8-9,12,14H,2-7,10-11,13H2,1H3. The Bertz CT molecular complexity index is 541. The van der Waals surface area contributed by atoms with Gasteiger partial charge in [0.2, 0.25) is 5.91 Å². The molecule has 0 N–H and O–H groups in total. The molecule has 0 unspecified atom stereocenters. The summed E-state index contributed by atoms with van der Waals surface area (Å²) in [5.74, 6) is 2.28. The van der Waals surface area contributed by atoms with Crippen molar-refractivity contribution in [3.05, 3.63) is 18.2 Å². The fourth-order valence-corrected chi connectivity index (χ4v) is 4.06. The Morgan fingerprint density at radius 3 is 2.57 bits per heavy atom. The van der Waals surface area contributed by atoms with Gasteiger partial charge in [0.1, 0.15) is 13.2 Å². The molecule has 0 radical (unpaired) electrons. The van der Waals surface area contributed by atoms with Crippen LogP contribution in [0.3, 0.4) is 0 Å². The van der Waals surface area contributed by atoms with E-state index in [0.29, 0.717) is 25.0 Å². The van der Waals surface area contributed by atoms with Crippen LogP contribution in [0, 0.1) is 0 Å². The zero-order chi connectivity index (χ0) is 16.1. The zero-order valence-electron chi connectivity index (χ0n) is 13.8. The van der Waals surface area contributed by atoms with Crippen LogP contribution in [0.25, 0.3) is 0 Å². The first kappa shape index (κ1) is 16.5. The first-order chi connectivity index (χ1) is 11.2. The molecule has 0 aromatic heterocycles. The molecule has 0 spiro atoms. The Balaban J connectivity index is 1.53. The molecule has 1 aromatic carbocycles. The van der Waals surface area contributed by atoms with Gasteiger partial charge < -0.3 is 14.4 Å². The van der Waals surface area contributed by atoms with Gasteiger partial charge in [-0.2, -0.15) is 0 Å². The van der Waals surface area contributed by atoms with Crippen LogP contribution in [-0.4, -0.2) is 42.9 Å². The molecule has 0 bridgehead atoms. The Kier molecular flexibility index (Phi) is 5.70. The fourth-order valence-electron chi connectivity index (χ4n) is 3.21. The van der Waals surface area contributed by atoms with Gasteiger partial charge in [-0.15, -0.1) is 11.8 Å². The quantitative estimate of drug-likeness (QED) is 0.621. The van der Waals surface area contributed by atoms with E-state index in [2.05, 4.69) is 0 Å². The minimum Gasteiger partial charge on any atom is -0.486 e. The van der Waals surface area contributed by atoms with Gasteiger partial charge in [-0.3, -0.25) is 4.79 Å². The van der Waals surface area contributed by atoms with E-state index in [4.69, 9.17) is 9.47 Å². The van der Waals surface area contributed by atoms with Crippen molar-refractivity contribution in [2.45, 2.75) is 49.5 Å². The van der Waals surface area contributed by atoms with Crippen molar-refractivity contribution in [1.82, 2.24) is 4.90 Å². The van der Waals surface area contributed by atoms with Crippen LogP contribution in [0.5, 0.6) is 11.5 Å². The van der Waals surface area contributed by atoms with Crippen molar-refractivity contribution < 1.29 is 14.3 Å². The summed E-state index contributed by atoms with van der Waals surface area (Å²) in [5.41, 5.74) is 0. The molecule has 1 aliphatic heterocycles. The molecule has 0 atom stereocenters. The smallest absolute Gasteiger partial charge is 0.232 e. The van der Waals surface area contributed by atoms with Crippen molar-refractivity contribution in [2.75, 3.05) is 26.0 Å². The number of hydrogen-bond donors (Lipinski definition) is 0. The highest BCUT2D eigenvalue weighted by molar-refractivity contribution is 8.00. The summed E-state index contributed by atoms with van der Waals surface area (Å²) in [7, 11) is 1.96. The number of amides is 1. The average molecular weight is 335 g/mol. The number of rotatable bonds is 4. The summed E-state index contributed by atoms with van der Waals surface area (Å²) in [4.78, 5) is 15.5. The molecular weight excluding hydrogens is 310 g/mol. The average Bonchev–Trinajstić information content (AvgIpc) is 2.88. The molecule has 4 nitrogen and oxygen atoms in total. The highest BCUT2D eigenvalue weighted by Crippen LogP contribution is 2.34. The van der Waals surface area contributed by atoms with Crippen LogP contribution in [0.1, 0.15) is 38.5 Å². The Labute approximate surface area is 142 Å². The number of carbonyl (C=O) groups excluding carboxylic acids is 1. The number of benzene rings is 1. The molecule has 1 aromatic rings. The summed E-state index contributed by atoms with van der Waals surface area (Å²) in [6, 6.07) is 6.32. The molecular formula is C18H25NO3S. The largest absolute Gasteiger partial charge is 0.486 e. The second kappa shape index (κ2) is 7.95. The molecule has 1 aliphatic carbocycles. The van der Waals surface area contributed by atoms with Gasteiger partial charge in [0.25, 0.3) is 0 Å². The minimum absolute atomic E-state index is 0.219. The fraction of sp³-hybridized carbons (Fsp3) is 0.611. The van der Waals surface area contributed by atoms with Crippen LogP contribution in [0.2, 0.25) is 0 Å². The molecule has 3 rings (SSSR count). The summed E-state index contributed by atoms with van der Waals surface area (Å²) < 4.78 is 11.1. The van der Waals surface area contributed by atoms with Crippen LogP contribution in [0.15, 0.2) is 23.1 Å². The SMILES string of the molecule is CN(C(=O)CSc1ccc2c(c1)OCCO2)C1CCCCCC1. The van der Waals surface area contributed by atoms with Crippen LogP contribution < -0.4 is 9.47 Å². The van der Waals surface area contributed by atoms with E-state index in [0.717, 1.165) is 29.2 Å².